The van der Waals surface area contributed by atoms with E-state index in [0.717, 1.165) is 12.3 Å². The van der Waals surface area contributed by atoms with E-state index in [0.29, 0.717) is 4.57 Å². The average molecular weight is 618 g/mol. The summed E-state index contributed by atoms with van der Waals surface area (Å²) in [5, 5.41) is 15.7. The molecule has 0 radical (unpaired) electrons. The number of nitrogen functional groups attached to an aromatic ring is 1. The van der Waals surface area contributed by atoms with Crippen LogP contribution in [0.2, 0.25) is 0 Å². The topological polar surface area (TPSA) is 176 Å². The predicted molar refractivity (Wildman–Crippen MR) is 141 cm³/mol. The van der Waals surface area contributed by atoms with Gasteiger partial charge in [-0.25, -0.2) is 28.1 Å². The number of esters is 2. The zero-order chi connectivity index (χ0) is 30.6. The van der Waals surface area contributed by atoms with Crippen molar-refractivity contribution in [1.82, 2.24) is 19.7 Å². The molecular formula is C22H35F3N5O8PS. The SMILES string of the molecule is CC(C)OC(=O)C(C)NP(=S)(NC(C)C(=O)OC(C)C)OCC1(C(F)F)OC(n2ccc(N)nc2=O)C(O)C1F. The lowest BCUT2D eigenvalue weighted by Crippen LogP contribution is -2.52. The highest BCUT2D eigenvalue weighted by molar-refractivity contribution is 8.10. The van der Waals surface area contributed by atoms with Gasteiger partial charge in [-0.2, -0.15) is 4.98 Å². The number of alkyl halides is 3. The molecule has 228 valence electrons. The van der Waals surface area contributed by atoms with Crippen LogP contribution in [0.1, 0.15) is 47.8 Å². The third kappa shape index (κ3) is 8.21. The van der Waals surface area contributed by atoms with Gasteiger partial charge in [-0.15, -0.1) is 0 Å². The van der Waals surface area contributed by atoms with Crippen LogP contribution in [0.3, 0.4) is 0 Å². The highest BCUT2D eigenvalue weighted by Gasteiger charge is 2.62. The van der Waals surface area contributed by atoms with Gasteiger partial charge in [0.1, 0.15) is 24.0 Å². The summed E-state index contributed by atoms with van der Waals surface area (Å²) in [6, 6.07) is -1.17. The number of halogens is 3. The molecule has 1 aromatic heterocycles. The van der Waals surface area contributed by atoms with E-state index in [1.165, 1.54) is 13.8 Å². The van der Waals surface area contributed by atoms with Gasteiger partial charge < -0.3 is 29.6 Å². The van der Waals surface area contributed by atoms with Crippen LogP contribution in [0.15, 0.2) is 17.1 Å². The Kier molecular flexibility index (Phi) is 11.7. The van der Waals surface area contributed by atoms with Gasteiger partial charge >= 0.3 is 17.6 Å². The second-order valence-corrected chi connectivity index (χ2v) is 13.1. The Morgan fingerprint density at radius 2 is 1.68 bits per heavy atom. The van der Waals surface area contributed by atoms with E-state index in [4.69, 9.17) is 36.3 Å². The number of ether oxygens (including phenoxy) is 3. The van der Waals surface area contributed by atoms with Crippen LogP contribution in [-0.2, 0) is 40.1 Å². The molecule has 2 rings (SSSR count). The van der Waals surface area contributed by atoms with E-state index in [1.807, 2.05) is 0 Å². The third-order valence-corrected chi connectivity index (χ3v) is 8.40. The molecule has 0 aromatic carbocycles. The van der Waals surface area contributed by atoms with Crippen LogP contribution in [0.4, 0.5) is 19.0 Å². The first-order valence-electron chi connectivity index (χ1n) is 12.3. The van der Waals surface area contributed by atoms with Gasteiger partial charge in [0, 0.05) is 6.20 Å². The molecule has 1 aromatic rings. The first kappa shape index (κ1) is 34.1. The molecule has 0 amide bonds. The Hall–Kier alpha value is -2.14. The molecule has 0 bridgehead atoms. The quantitative estimate of drug-likeness (QED) is 0.183. The molecule has 13 nitrogen and oxygen atoms in total. The van der Waals surface area contributed by atoms with E-state index in [-0.39, 0.29) is 5.82 Å². The van der Waals surface area contributed by atoms with Gasteiger partial charge in [0.05, 0.1) is 18.8 Å². The number of carbonyl (C=O) groups is 2. The van der Waals surface area contributed by atoms with Crippen molar-refractivity contribution >= 4 is 36.1 Å². The molecule has 1 fully saturated rings. The van der Waals surface area contributed by atoms with Crippen molar-refractivity contribution in [3.8, 4) is 0 Å². The molecule has 0 saturated carbocycles. The summed E-state index contributed by atoms with van der Waals surface area (Å²) < 4.78 is 65.9. The van der Waals surface area contributed by atoms with E-state index in [1.54, 1.807) is 27.7 Å². The van der Waals surface area contributed by atoms with Gasteiger partial charge in [0.2, 0.25) is 0 Å². The number of carbonyl (C=O) groups excluding carboxylic acids is 2. The van der Waals surface area contributed by atoms with Crippen LogP contribution in [0.25, 0.3) is 0 Å². The monoisotopic (exact) mass is 617 g/mol. The number of aromatic nitrogens is 2. The minimum absolute atomic E-state index is 0.193. The molecule has 2 heterocycles. The number of hydrogen-bond donors (Lipinski definition) is 4. The number of aliphatic hydroxyl groups excluding tert-OH is 1. The zero-order valence-corrected chi connectivity index (χ0v) is 24.5. The van der Waals surface area contributed by atoms with Gasteiger partial charge in [0.25, 0.3) is 6.43 Å². The van der Waals surface area contributed by atoms with E-state index in [2.05, 4.69) is 15.2 Å². The van der Waals surface area contributed by atoms with Crippen LogP contribution < -0.4 is 21.6 Å². The molecule has 5 N–H and O–H groups in total. The minimum atomic E-state index is -3.84. The summed E-state index contributed by atoms with van der Waals surface area (Å²) in [6.45, 7) is 4.05. The van der Waals surface area contributed by atoms with Crippen molar-refractivity contribution in [3.05, 3.63) is 22.7 Å². The van der Waals surface area contributed by atoms with Gasteiger partial charge in [-0.05, 0) is 59.4 Å². The summed E-state index contributed by atoms with van der Waals surface area (Å²) in [5.74, 6) is -1.72. The Morgan fingerprint density at radius 1 is 1.18 bits per heavy atom. The largest absolute Gasteiger partial charge is 0.462 e. The van der Waals surface area contributed by atoms with Gasteiger partial charge in [0.15, 0.2) is 24.6 Å². The number of nitrogens with two attached hydrogens (primary N) is 1. The fourth-order valence-corrected chi connectivity index (χ4v) is 6.51. The number of anilines is 1. The molecule has 6 unspecified atom stereocenters. The molecule has 0 spiro atoms. The maximum atomic E-state index is 15.4. The fourth-order valence-electron chi connectivity index (χ4n) is 3.57. The van der Waals surface area contributed by atoms with E-state index < -0.39 is 85.6 Å². The predicted octanol–water partition coefficient (Wildman–Crippen LogP) is 1.16. The van der Waals surface area contributed by atoms with Crippen LogP contribution >= 0.6 is 6.57 Å². The molecule has 18 heteroatoms. The van der Waals surface area contributed by atoms with Gasteiger partial charge in [-0.3, -0.25) is 14.2 Å². The van der Waals surface area contributed by atoms with Crippen LogP contribution in [0, 0.1) is 0 Å². The molecular weight excluding hydrogens is 582 g/mol. The van der Waals surface area contributed by atoms with Crippen LogP contribution in [0.5, 0.6) is 0 Å². The first-order chi connectivity index (χ1) is 18.4. The van der Waals surface area contributed by atoms with Crippen molar-refractivity contribution < 1.29 is 46.6 Å². The molecule has 6 atom stereocenters. The number of nitrogens with zero attached hydrogens (tertiary/aromatic N) is 2. The highest BCUT2D eigenvalue weighted by atomic mass is 32.4. The maximum Gasteiger partial charge on any atom is 0.351 e. The third-order valence-electron chi connectivity index (χ3n) is 5.50. The lowest BCUT2D eigenvalue weighted by Gasteiger charge is -2.35. The first-order valence-corrected chi connectivity index (χ1v) is 15.0. The van der Waals surface area contributed by atoms with Crippen LogP contribution in [-0.4, -0.2) is 81.8 Å². The zero-order valence-electron chi connectivity index (χ0n) is 22.7. The Balaban J connectivity index is 2.38. The highest BCUT2D eigenvalue weighted by Crippen LogP contribution is 2.47. The normalized spacial score (nSPS) is 26.1. The Labute approximate surface area is 234 Å². The van der Waals surface area contributed by atoms with Gasteiger partial charge in [-0.1, -0.05) is 0 Å². The second-order valence-electron chi connectivity index (χ2n) is 9.70. The average Bonchev–Trinajstić information content (AvgIpc) is 3.08. The van der Waals surface area contributed by atoms with Crippen molar-refractivity contribution in [3.63, 3.8) is 0 Å². The summed E-state index contributed by atoms with van der Waals surface area (Å²) in [5.41, 5.74) is 1.24. The molecule has 40 heavy (non-hydrogen) atoms. The molecule has 1 saturated heterocycles. The maximum absolute atomic E-state index is 15.4. The standard InChI is InChI=1S/C22H35F3N5O8PS/c1-10(2)36-18(32)12(5)28-39(40,29-13(6)19(33)37-11(3)4)35-9-22(20(24)25)16(23)15(31)17(38-22)30-8-7-14(26)27-21(30)34/h7-8,10-13,15-17,20,31H,9H2,1-6H3,(H2,26,27,34)(H2,28,29,40). The van der Waals surface area contributed by atoms with Crippen molar-refractivity contribution in [2.45, 2.75) is 96.4 Å². The molecule has 0 aliphatic carbocycles. The lowest BCUT2D eigenvalue weighted by atomic mass is 9.98. The van der Waals surface area contributed by atoms with E-state index >= 15 is 4.39 Å². The van der Waals surface area contributed by atoms with E-state index in [9.17, 15) is 28.3 Å². The fraction of sp³-hybridized carbons (Fsp3) is 0.727. The Morgan fingerprint density at radius 3 is 2.10 bits per heavy atom. The molecule has 1 aliphatic rings. The second kappa shape index (κ2) is 13.7. The van der Waals surface area contributed by atoms with Crippen molar-refractivity contribution in [1.29, 1.82) is 0 Å². The summed E-state index contributed by atoms with van der Waals surface area (Å²) >= 11 is 5.50. The Bertz CT molecular complexity index is 1130. The lowest BCUT2D eigenvalue weighted by molar-refractivity contribution is -0.182. The number of rotatable bonds is 13. The number of hydrogen-bond acceptors (Lipinski definition) is 11. The smallest absolute Gasteiger partial charge is 0.351 e. The minimum Gasteiger partial charge on any atom is -0.462 e. The molecule has 1 aliphatic heterocycles. The van der Waals surface area contributed by atoms with Crippen molar-refractivity contribution in [2.24, 2.45) is 0 Å². The van der Waals surface area contributed by atoms with Crippen molar-refractivity contribution in [2.75, 3.05) is 12.3 Å². The number of aliphatic hydroxyl groups is 1. The number of nitrogens with one attached hydrogen (secondary N) is 2. The summed E-state index contributed by atoms with van der Waals surface area (Å²) in [4.78, 5) is 40.5. The summed E-state index contributed by atoms with van der Waals surface area (Å²) in [7, 11) is 0. The summed E-state index contributed by atoms with van der Waals surface area (Å²) in [6.07, 6.45) is -10.5.